The third-order valence-corrected chi connectivity index (χ3v) is 4.39. The molecular weight excluding hydrogens is 256 g/mol. The molecule has 2 unspecified atom stereocenters. The zero-order chi connectivity index (χ0) is 13.9. The maximum absolute atomic E-state index is 11.2. The van der Waals surface area contributed by atoms with Crippen LogP contribution >= 0.6 is 0 Å². The van der Waals surface area contributed by atoms with Crippen molar-refractivity contribution in [2.75, 3.05) is 6.26 Å². The van der Waals surface area contributed by atoms with Crippen LogP contribution in [0.15, 0.2) is 0 Å². The Morgan fingerprint density at radius 1 is 1.24 bits per heavy atom. The Hall–Kier alpha value is 0.0869. The Kier molecular flexibility index (Phi) is 5.85. The van der Waals surface area contributed by atoms with Gasteiger partial charge in [-0.25, -0.2) is 4.18 Å². The summed E-state index contributed by atoms with van der Waals surface area (Å²) in [6, 6.07) is 0. The van der Waals surface area contributed by atoms with E-state index in [0.717, 1.165) is 19.1 Å². The SMILES string of the molecule is CC(CCC(C)(C)C)C(C)(O[SiH3])OS(C)(=O)=O. The molecule has 0 aliphatic heterocycles. The molecule has 0 spiro atoms. The van der Waals surface area contributed by atoms with Crippen LogP contribution in [0.5, 0.6) is 0 Å². The summed E-state index contributed by atoms with van der Waals surface area (Å²) < 4.78 is 32.9. The number of hydrogen-bond donors (Lipinski definition) is 0. The second kappa shape index (κ2) is 5.82. The van der Waals surface area contributed by atoms with Gasteiger partial charge < -0.3 is 4.43 Å². The summed E-state index contributed by atoms with van der Waals surface area (Å²) in [6.45, 7) is 10.2. The topological polar surface area (TPSA) is 52.6 Å². The Bertz CT molecular complexity index is 334. The smallest absolute Gasteiger partial charge is 0.267 e. The van der Waals surface area contributed by atoms with Gasteiger partial charge in [0.05, 0.1) is 6.26 Å². The molecule has 0 N–H and O–H groups in total. The van der Waals surface area contributed by atoms with Gasteiger partial charge in [-0.05, 0) is 25.2 Å². The minimum atomic E-state index is -3.50. The molecule has 0 amide bonds. The molecule has 0 aromatic heterocycles. The molecule has 0 radical (unpaired) electrons. The summed E-state index contributed by atoms with van der Waals surface area (Å²) >= 11 is 0. The van der Waals surface area contributed by atoms with E-state index in [1.54, 1.807) is 6.92 Å². The lowest BCUT2D eigenvalue weighted by Crippen LogP contribution is -2.40. The fraction of sp³-hybridized carbons (Fsp3) is 1.00. The highest BCUT2D eigenvalue weighted by Gasteiger charge is 2.35. The minimum absolute atomic E-state index is 0.0361. The normalized spacial score (nSPS) is 18.9. The van der Waals surface area contributed by atoms with Crippen molar-refractivity contribution < 1.29 is 17.0 Å². The van der Waals surface area contributed by atoms with Crippen LogP contribution in [0.25, 0.3) is 0 Å². The second-order valence-electron chi connectivity index (χ2n) is 6.01. The first-order valence-corrected chi connectivity index (χ1v) is 8.49. The predicted octanol–water partition coefficient (Wildman–Crippen LogP) is 1.44. The summed E-state index contributed by atoms with van der Waals surface area (Å²) in [5.41, 5.74) is 0.228. The molecule has 0 saturated carbocycles. The molecule has 0 saturated heterocycles. The zero-order valence-electron chi connectivity index (χ0n) is 12.0. The molecule has 104 valence electrons. The standard InChI is InChI=1S/C11H26O4SSi/c1-9(7-8-10(2,3)4)11(5,15-17)14-16(6,12)13/h9H,7-8H2,1-6,17H3. The third kappa shape index (κ3) is 7.18. The highest BCUT2D eigenvalue weighted by molar-refractivity contribution is 7.86. The lowest BCUT2D eigenvalue weighted by Gasteiger charge is -2.34. The fourth-order valence-electron chi connectivity index (χ4n) is 1.53. The van der Waals surface area contributed by atoms with E-state index in [2.05, 4.69) is 20.8 Å². The highest BCUT2D eigenvalue weighted by atomic mass is 32.2. The van der Waals surface area contributed by atoms with E-state index in [-0.39, 0.29) is 11.3 Å². The summed E-state index contributed by atoms with van der Waals surface area (Å²) in [5.74, 6) is -0.987. The summed E-state index contributed by atoms with van der Waals surface area (Å²) in [6.07, 6.45) is 2.93. The summed E-state index contributed by atoms with van der Waals surface area (Å²) in [4.78, 5) is 0. The van der Waals surface area contributed by atoms with Crippen molar-refractivity contribution in [3.63, 3.8) is 0 Å². The Morgan fingerprint density at radius 2 is 1.71 bits per heavy atom. The van der Waals surface area contributed by atoms with Crippen LogP contribution in [0, 0.1) is 11.3 Å². The van der Waals surface area contributed by atoms with Crippen LogP contribution in [0.2, 0.25) is 0 Å². The molecule has 4 nitrogen and oxygen atoms in total. The first-order valence-electron chi connectivity index (χ1n) is 5.85. The van der Waals surface area contributed by atoms with Gasteiger partial charge in [0.25, 0.3) is 10.1 Å². The number of hydrogen-bond acceptors (Lipinski definition) is 4. The maximum atomic E-state index is 11.2. The van der Waals surface area contributed by atoms with Gasteiger partial charge in [-0.3, -0.25) is 0 Å². The Morgan fingerprint density at radius 3 is 2.00 bits per heavy atom. The van der Waals surface area contributed by atoms with Gasteiger partial charge in [0.2, 0.25) is 0 Å². The fourth-order valence-corrected chi connectivity index (χ4v) is 2.97. The predicted molar refractivity (Wildman–Crippen MR) is 73.2 cm³/mol. The molecule has 2 atom stereocenters. The van der Waals surface area contributed by atoms with Crippen LogP contribution < -0.4 is 0 Å². The van der Waals surface area contributed by atoms with E-state index in [9.17, 15) is 8.42 Å². The average Bonchev–Trinajstić information content (AvgIpc) is 2.10. The highest BCUT2D eigenvalue weighted by Crippen LogP contribution is 2.32. The molecule has 0 aromatic carbocycles. The molecule has 17 heavy (non-hydrogen) atoms. The molecular formula is C11H26O4SSi. The number of rotatable bonds is 6. The van der Waals surface area contributed by atoms with E-state index in [0.29, 0.717) is 10.5 Å². The molecule has 0 bridgehead atoms. The van der Waals surface area contributed by atoms with Gasteiger partial charge in [0.1, 0.15) is 10.5 Å². The molecule has 0 aliphatic rings. The van der Waals surface area contributed by atoms with E-state index in [1.165, 1.54) is 0 Å². The Balaban J connectivity index is 4.64. The van der Waals surface area contributed by atoms with Crippen molar-refractivity contribution in [3.8, 4) is 0 Å². The molecule has 0 aromatic rings. The first kappa shape index (κ1) is 17.1. The van der Waals surface area contributed by atoms with Crippen molar-refractivity contribution in [2.45, 2.75) is 53.2 Å². The quantitative estimate of drug-likeness (QED) is 0.420. The minimum Gasteiger partial charge on any atom is -0.401 e. The Labute approximate surface area is 109 Å². The van der Waals surface area contributed by atoms with E-state index < -0.39 is 15.9 Å². The van der Waals surface area contributed by atoms with E-state index >= 15 is 0 Å². The monoisotopic (exact) mass is 282 g/mol. The van der Waals surface area contributed by atoms with Crippen LogP contribution in [0.3, 0.4) is 0 Å². The van der Waals surface area contributed by atoms with Crippen molar-refractivity contribution in [3.05, 3.63) is 0 Å². The molecule has 0 aliphatic carbocycles. The van der Waals surface area contributed by atoms with Crippen molar-refractivity contribution in [1.82, 2.24) is 0 Å². The maximum Gasteiger partial charge on any atom is 0.267 e. The largest absolute Gasteiger partial charge is 0.401 e. The van der Waals surface area contributed by atoms with Crippen molar-refractivity contribution in [2.24, 2.45) is 11.3 Å². The third-order valence-electron chi connectivity index (χ3n) is 2.94. The van der Waals surface area contributed by atoms with Crippen LogP contribution in [0.1, 0.15) is 47.5 Å². The van der Waals surface area contributed by atoms with Crippen LogP contribution in [-0.2, 0) is 18.7 Å². The van der Waals surface area contributed by atoms with Gasteiger partial charge in [-0.15, -0.1) is 0 Å². The van der Waals surface area contributed by atoms with Gasteiger partial charge in [0, 0.05) is 5.92 Å². The molecule has 0 fully saturated rings. The lowest BCUT2D eigenvalue weighted by molar-refractivity contribution is -0.132. The lowest BCUT2D eigenvalue weighted by atomic mass is 9.85. The molecule has 0 heterocycles. The second-order valence-corrected chi connectivity index (χ2v) is 7.99. The molecule has 0 rings (SSSR count). The zero-order valence-corrected chi connectivity index (χ0v) is 14.8. The summed E-state index contributed by atoms with van der Waals surface area (Å²) in [7, 11) is -3.05. The van der Waals surface area contributed by atoms with Gasteiger partial charge in [-0.1, -0.05) is 27.7 Å². The first-order chi connectivity index (χ1) is 7.40. The van der Waals surface area contributed by atoms with E-state index in [1.807, 2.05) is 6.92 Å². The van der Waals surface area contributed by atoms with Crippen molar-refractivity contribution >= 4 is 20.6 Å². The van der Waals surface area contributed by atoms with Crippen LogP contribution in [-0.4, -0.2) is 30.9 Å². The summed E-state index contributed by atoms with van der Waals surface area (Å²) in [5, 5.41) is 0. The van der Waals surface area contributed by atoms with E-state index in [4.69, 9.17) is 8.61 Å². The molecule has 6 heteroatoms. The van der Waals surface area contributed by atoms with Gasteiger partial charge in [-0.2, -0.15) is 8.42 Å². The van der Waals surface area contributed by atoms with Gasteiger partial charge in [0.15, 0.2) is 5.79 Å². The van der Waals surface area contributed by atoms with Crippen molar-refractivity contribution in [1.29, 1.82) is 0 Å². The van der Waals surface area contributed by atoms with Gasteiger partial charge >= 0.3 is 0 Å². The van der Waals surface area contributed by atoms with Crippen LogP contribution in [0.4, 0.5) is 0 Å². The average molecular weight is 282 g/mol.